The molecule has 0 saturated heterocycles. The van der Waals surface area contributed by atoms with Crippen LogP contribution >= 0.6 is 15.9 Å². The number of benzene rings is 1. The Kier molecular flexibility index (Phi) is 2.66. The van der Waals surface area contributed by atoms with Gasteiger partial charge in [0.25, 0.3) is 0 Å². The second kappa shape index (κ2) is 3.98. The number of hydrogen-bond donors (Lipinski definition) is 0. The largest absolute Gasteiger partial charge is 0.493 e. The van der Waals surface area contributed by atoms with Gasteiger partial charge in [-0.05, 0) is 43.5 Å². The van der Waals surface area contributed by atoms with Crippen molar-refractivity contribution in [1.29, 1.82) is 0 Å². The molecule has 2 bridgehead atoms. The minimum atomic E-state index is -0.169. The predicted molar refractivity (Wildman–Crippen MR) is 70.4 cm³/mol. The van der Waals surface area contributed by atoms with Crippen molar-refractivity contribution in [3.05, 3.63) is 28.7 Å². The van der Waals surface area contributed by atoms with Crippen LogP contribution in [0.3, 0.4) is 0 Å². The summed E-state index contributed by atoms with van der Waals surface area (Å²) in [5.41, 5.74) is 0.0547. The molecule has 0 aromatic heterocycles. The summed E-state index contributed by atoms with van der Waals surface area (Å²) in [6.45, 7) is 0.702. The monoisotopic (exact) mass is 310 g/mol. The van der Waals surface area contributed by atoms with E-state index in [0.717, 1.165) is 29.5 Å². The van der Waals surface area contributed by atoms with Gasteiger partial charge in [-0.25, -0.2) is 0 Å². The van der Waals surface area contributed by atoms with Crippen LogP contribution in [0, 0.1) is 10.8 Å². The molecular weight excluding hydrogens is 296 g/mol. The molecule has 0 radical (unpaired) electrons. The minimum absolute atomic E-state index is 0.0481. The molecule has 4 rings (SSSR count). The first-order valence-electron chi connectivity index (χ1n) is 6.04. The Balaban J connectivity index is 1.53. The van der Waals surface area contributed by atoms with Crippen LogP contribution in [-0.4, -0.2) is 19.7 Å². The van der Waals surface area contributed by atoms with E-state index in [1.54, 1.807) is 0 Å². The van der Waals surface area contributed by atoms with E-state index >= 15 is 0 Å². The lowest BCUT2D eigenvalue weighted by Gasteiger charge is -2.68. The van der Waals surface area contributed by atoms with Crippen LogP contribution in [0.5, 0.6) is 5.75 Å². The summed E-state index contributed by atoms with van der Waals surface area (Å²) < 4.78 is 11.7. The quantitative estimate of drug-likeness (QED) is 0.801. The lowest BCUT2D eigenvalue weighted by molar-refractivity contribution is -0.233. The van der Waals surface area contributed by atoms with Crippen molar-refractivity contribution in [1.82, 2.24) is 0 Å². The van der Waals surface area contributed by atoms with Gasteiger partial charge in [-0.2, -0.15) is 0 Å². The smallest absolute Gasteiger partial charge is 0.311 e. The van der Waals surface area contributed by atoms with Crippen molar-refractivity contribution < 1.29 is 14.3 Å². The molecular formula is C14H15BrO3. The summed E-state index contributed by atoms with van der Waals surface area (Å²) in [4.78, 5) is 11.5. The van der Waals surface area contributed by atoms with Crippen molar-refractivity contribution in [2.24, 2.45) is 10.8 Å². The zero-order valence-electron chi connectivity index (χ0n) is 10.2. The van der Waals surface area contributed by atoms with Gasteiger partial charge >= 0.3 is 5.97 Å². The van der Waals surface area contributed by atoms with Crippen LogP contribution < -0.4 is 4.74 Å². The Bertz CT molecular complexity index is 461. The maximum absolute atomic E-state index is 11.5. The fourth-order valence-corrected chi connectivity index (χ4v) is 3.62. The predicted octanol–water partition coefficient (Wildman–Crippen LogP) is 3.17. The maximum atomic E-state index is 11.5. The molecule has 3 nitrogen and oxygen atoms in total. The number of methoxy groups -OCH3 is 1. The molecule has 0 aliphatic heterocycles. The summed E-state index contributed by atoms with van der Waals surface area (Å²) in [7, 11) is 1.47. The first kappa shape index (κ1) is 12.0. The lowest BCUT2D eigenvalue weighted by atomic mass is 9.35. The average Bonchev–Trinajstić information content (AvgIpc) is 2.27. The van der Waals surface area contributed by atoms with Gasteiger partial charge in [0, 0.05) is 9.89 Å². The molecule has 4 heteroatoms. The third kappa shape index (κ3) is 1.74. The van der Waals surface area contributed by atoms with E-state index in [9.17, 15) is 4.79 Å². The SMILES string of the molecule is COC(=O)C12CC(COc3ccc(Br)cc3)(C1)C2. The van der Waals surface area contributed by atoms with Crippen LogP contribution in [-0.2, 0) is 9.53 Å². The van der Waals surface area contributed by atoms with Gasteiger partial charge < -0.3 is 9.47 Å². The number of carbonyl (C=O) groups is 1. The van der Waals surface area contributed by atoms with Crippen molar-refractivity contribution in [3.63, 3.8) is 0 Å². The molecule has 0 atom stereocenters. The summed E-state index contributed by atoms with van der Waals surface area (Å²) in [5.74, 6) is 0.836. The fourth-order valence-electron chi connectivity index (χ4n) is 3.35. The van der Waals surface area contributed by atoms with E-state index < -0.39 is 0 Å². The number of hydrogen-bond acceptors (Lipinski definition) is 3. The van der Waals surface area contributed by atoms with E-state index in [2.05, 4.69) is 15.9 Å². The number of carbonyl (C=O) groups excluding carboxylic acids is 1. The van der Waals surface area contributed by atoms with Gasteiger partial charge in [0.15, 0.2) is 0 Å². The van der Waals surface area contributed by atoms with E-state index in [4.69, 9.17) is 9.47 Å². The zero-order valence-corrected chi connectivity index (χ0v) is 11.8. The molecule has 3 aliphatic rings. The molecule has 0 unspecified atom stereocenters. The van der Waals surface area contributed by atoms with Gasteiger partial charge in [-0.1, -0.05) is 15.9 Å². The molecule has 18 heavy (non-hydrogen) atoms. The highest BCUT2D eigenvalue weighted by molar-refractivity contribution is 9.10. The van der Waals surface area contributed by atoms with Crippen molar-refractivity contribution in [2.75, 3.05) is 13.7 Å². The molecule has 0 amide bonds. The number of halogens is 1. The molecule has 0 N–H and O–H groups in total. The summed E-state index contributed by atoms with van der Waals surface area (Å²) >= 11 is 3.39. The van der Waals surface area contributed by atoms with Crippen LogP contribution in [0.2, 0.25) is 0 Å². The Morgan fingerprint density at radius 2 is 1.89 bits per heavy atom. The Morgan fingerprint density at radius 1 is 1.28 bits per heavy atom. The molecule has 1 aromatic carbocycles. The highest BCUT2D eigenvalue weighted by Gasteiger charge is 2.72. The minimum Gasteiger partial charge on any atom is -0.493 e. The lowest BCUT2D eigenvalue weighted by Crippen LogP contribution is -2.67. The summed E-state index contributed by atoms with van der Waals surface area (Å²) in [6, 6.07) is 7.83. The maximum Gasteiger partial charge on any atom is 0.311 e. The van der Waals surface area contributed by atoms with E-state index in [1.807, 2.05) is 24.3 Å². The first-order valence-corrected chi connectivity index (χ1v) is 6.84. The molecule has 1 aromatic rings. The number of esters is 1. The van der Waals surface area contributed by atoms with Gasteiger partial charge in [0.2, 0.25) is 0 Å². The fraction of sp³-hybridized carbons (Fsp3) is 0.500. The molecule has 96 valence electrons. The highest BCUT2D eigenvalue weighted by Crippen LogP contribution is 2.73. The number of ether oxygens (including phenoxy) is 2. The molecule has 3 saturated carbocycles. The van der Waals surface area contributed by atoms with Gasteiger partial charge in [-0.15, -0.1) is 0 Å². The second-order valence-corrected chi connectivity index (χ2v) is 6.46. The topological polar surface area (TPSA) is 35.5 Å². The number of rotatable bonds is 4. The van der Waals surface area contributed by atoms with E-state index in [-0.39, 0.29) is 16.8 Å². The van der Waals surface area contributed by atoms with Crippen LogP contribution in [0.4, 0.5) is 0 Å². The van der Waals surface area contributed by atoms with Crippen molar-refractivity contribution >= 4 is 21.9 Å². The van der Waals surface area contributed by atoms with E-state index in [0.29, 0.717) is 6.61 Å². The van der Waals surface area contributed by atoms with E-state index in [1.165, 1.54) is 7.11 Å². The van der Waals surface area contributed by atoms with Gasteiger partial charge in [0.1, 0.15) is 5.75 Å². The molecule has 3 aliphatic carbocycles. The zero-order chi connectivity index (χ0) is 12.8. The molecule has 3 fully saturated rings. The van der Waals surface area contributed by atoms with Gasteiger partial charge in [-0.3, -0.25) is 4.79 Å². The second-order valence-electron chi connectivity index (χ2n) is 5.54. The standard InChI is InChI=1S/C14H15BrO3/c1-17-12(16)14-6-13(7-14,8-14)9-18-11-4-2-10(15)3-5-11/h2-5H,6-9H2,1H3. The van der Waals surface area contributed by atoms with Crippen LogP contribution in [0.25, 0.3) is 0 Å². The molecule has 0 spiro atoms. The summed E-state index contributed by atoms with van der Waals surface area (Å²) in [5, 5.41) is 0. The summed E-state index contributed by atoms with van der Waals surface area (Å²) in [6.07, 6.45) is 2.76. The Morgan fingerprint density at radius 3 is 2.44 bits per heavy atom. The normalized spacial score (nSPS) is 32.1. The van der Waals surface area contributed by atoms with Crippen molar-refractivity contribution in [3.8, 4) is 5.75 Å². The van der Waals surface area contributed by atoms with Crippen LogP contribution in [0.1, 0.15) is 19.3 Å². The first-order chi connectivity index (χ1) is 8.57. The highest BCUT2D eigenvalue weighted by atomic mass is 79.9. The third-order valence-corrected chi connectivity index (χ3v) is 4.65. The average molecular weight is 311 g/mol. The Labute approximate surface area is 115 Å². The Hall–Kier alpha value is -1.03. The van der Waals surface area contributed by atoms with Crippen LogP contribution in [0.15, 0.2) is 28.7 Å². The molecule has 0 heterocycles. The van der Waals surface area contributed by atoms with Crippen molar-refractivity contribution in [2.45, 2.75) is 19.3 Å². The van der Waals surface area contributed by atoms with Gasteiger partial charge in [0.05, 0.1) is 19.1 Å². The third-order valence-electron chi connectivity index (χ3n) is 4.12.